The number of para-hydroxylation sites is 2. The molecule has 15 aromatic rings. The summed E-state index contributed by atoms with van der Waals surface area (Å²) >= 11 is 0. The molecule has 0 saturated carbocycles. The maximum absolute atomic E-state index is 7.64. The third kappa shape index (κ3) is 9.12. The smallest absolute Gasteiger partial charge is 0.164 e. The van der Waals surface area contributed by atoms with Crippen molar-refractivity contribution in [3.8, 4) is 22.3 Å². The van der Waals surface area contributed by atoms with Crippen LogP contribution in [0.3, 0.4) is 0 Å². The van der Waals surface area contributed by atoms with Crippen molar-refractivity contribution in [2.75, 3.05) is 9.80 Å². The fourth-order valence-electron chi connectivity index (χ4n) is 15.0. The Balaban J connectivity index is 0.943. The van der Waals surface area contributed by atoms with Gasteiger partial charge in [0, 0.05) is 55.9 Å². The average Bonchev–Trinajstić information content (AvgIpc) is 1.51. The molecule has 0 spiro atoms. The first-order chi connectivity index (χ1) is 45.4. The highest BCUT2D eigenvalue weighted by Crippen LogP contribution is 2.63. The maximum Gasteiger partial charge on any atom is 0.164 e. The van der Waals surface area contributed by atoms with Crippen molar-refractivity contribution in [3.63, 3.8) is 0 Å². The van der Waals surface area contributed by atoms with Crippen molar-refractivity contribution in [1.29, 1.82) is 0 Å². The van der Waals surface area contributed by atoms with Gasteiger partial charge in [0.2, 0.25) is 0 Å². The molecule has 0 saturated heterocycles. The zero-order valence-corrected chi connectivity index (χ0v) is 53.1. The number of anilines is 5. The van der Waals surface area contributed by atoms with Gasteiger partial charge in [-0.15, -0.1) is 0 Å². The number of fused-ring (bicyclic) bond motifs is 12. The lowest BCUT2D eigenvalue weighted by Crippen LogP contribution is -2.44. The fraction of sp³-hybridized carbons (Fsp3) is 0.114. The Morgan fingerprint density at radius 3 is 1.33 bits per heavy atom. The van der Waals surface area contributed by atoms with Gasteiger partial charge in [0.1, 0.15) is 16.7 Å². The van der Waals surface area contributed by atoms with E-state index in [9.17, 15) is 0 Å². The molecule has 0 fully saturated rings. The first kappa shape index (κ1) is 55.9. The summed E-state index contributed by atoms with van der Waals surface area (Å²) in [6.45, 7) is 13.7. The average molecular weight is 1200 g/mol. The van der Waals surface area contributed by atoms with Crippen molar-refractivity contribution in [1.82, 2.24) is 5.32 Å². The van der Waals surface area contributed by atoms with Crippen LogP contribution >= 0.6 is 0 Å². The first-order valence-electron chi connectivity index (χ1n) is 32.5. The Morgan fingerprint density at radius 2 is 0.806 bits per heavy atom. The van der Waals surface area contributed by atoms with Crippen LogP contribution in [0.1, 0.15) is 92.4 Å². The fourth-order valence-corrected chi connectivity index (χ4v) is 15.0. The van der Waals surface area contributed by atoms with E-state index >= 15 is 0 Å². The van der Waals surface area contributed by atoms with E-state index in [1.54, 1.807) is 0 Å². The summed E-state index contributed by atoms with van der Waals surface area (Å²) < 4.78 is 15.2. The molecule has 1 aliphatic carbocycles. The second kappa shape index (κ2) is 21.5. The number of allylic oxidation sites excluding steroid dienone is 1. The predicted octanol–water partition coefficient (Wildman–Crippen LogP) is 23.6. The number of benzene rings is 13. The van der Waals surface area contributed by atoms with Gasteiger partial charge in [-0.1, -0.05) is 260 Å². The molecule has 93 heavy (non-hydrogen) atoms. The second-order valence-corrected chi connectivity index (χ2v) is 27.3. The van der Waals surface area contributed by atoms with Crippen molar-refractivity contribution >= 4 is 88.5 Å². The molecule has 0 bridgehead atoms. The zero-order valence-electron chi connectivity index (χ0n) is 53.1. The molecule has 1 N–H and O–H groups in total. The predicted molar refractivity (Wildman–Crippen MR) is 388 cm³/mol. The van der Waals surface area contributed by atoms with E-state index in [-0.39, 0.29) is 10.8 Å². The van der Waals surface area contributed by atoms with Crippen LogP contribution in [-0.4, -0.2) is 0 Å². The molecule has 1 unspecified atom stereocenters. The third-order valence-corrected chi connectivity index (χ3v) is 19.7. The van der Waals surface area contributed by atoms with Crippen LogP contribution in [0.4, 0.5) is 28.4 Å². The SMILES string of the molecule is CC(C)(C)c1ccc(N(c2ccc(-c3ccc4ccccc4c3)cc2)c2cc3c(c4oc5ccccc5c24)C2=C(NC(N(c4ccc(-c5ccc6ccccc6c5)cc4)c4ccc(C(C)(C)C)cc4)c4oc5ccccc5c42)C3(c2ccccc2)c2ccccc2)cc1. The standard InChI is InChI=1S/C88H69N3O2/c1-86(2,3)64-41-49-69(50-42-64)90(68-45-37-58(38-46-68)62-35-33-56-21-13-15-23-60(56)53-62)75-55-74-80(82-78(75)72-29-17-19-31-76(72)92-82)81-79-73-30-18-20-32-77(73)93-83(79)85(89-84(81)88(74,66-25-9-7-10-26-66)67-27-11-8-12-28-67)91(71-51-43-65(44-52-71)87(4,5)6)70-47-39-59(40-48-70)63-36-34-57-22-14-16-24-61(57)54-63/h7-55,85,89H,1-6H3. The highest BCUT2D eigenvalue weighted by atomic mass is 16.3. The Hall–Kier alpha value is -11.1. The van der Waals surface area contributed by atoms with Gasteiger partial charge in [0.05, 0.1) is 16.5 Å². The molecule has 13 aromatic carbocycles. The van der Waals surface area contributed by atoms with Crippen LogP contribution in [0.25, 0.3) is 82.3 Å². The van der Waals surface area contributed by atoms with E-state index in [0.29, 0.717) is 0 Å². The number of nitrogens with one attached hydrogen (secondary N) is 1. The lowest BCUT2D eigenvalue weighted by Gasteiger charge is -2.42. The van der Waals surface area contributed by atoms with Crippen molar-refractivity contribution in [2.45, 2.75) is 64.0 Å². The molecule has 0 amide bonds. The van der Waals surface area contributed by atoms with Gasteiger partial charge < -0.3 is 24.0 Å². The summed E-state index contributed by atoms with van der Waals surface area (Å²) in [4.78, 5) is 4.93. The number of hydrogen-bond donors (Lipinski definition) is 1. The van der Waals surface area contributed by atoms with Crippen LogP contribution in [0, 0.1) is 0 Å². The third-order valence-electron chi connectivity index (χ3n) is 19.7. The monoisotopic (exact) mass is 1200 g/mol. The van der Waals surface area contributed by atoms with Crippen LogP contribution in [-0.2, 0) is 16.2 Å². The lowest BCUT2D eigenvalue weighted by atomic mass is 9.68. The molecule has 5 heteroatoms. The summed E-state index contributed by atoms with van der Waals surface area (Å²) in [5.41, 5.74) is 21.1. The molecule has 3 heterocycles. The summed E-state index contributed by atoms with van der Waals surface area (Å²) in [6.07, 6.45) is -0.566. The summed E-state index contributed by atoms with van der Waals surface area (Å²) in [6, 6.07) is 109. The van der Waals surface area contributed by atoms with E-state index in [4.69, 9.17) is 8.83 Å². The van der Waals surface area contributed by atoms with Crippen LogP contribution in [0.2, 0.25) is 0 Å². The highest BCUT2D eigenvalue weighted by Gasteiger charge is 2.55. The van der Waals surface area contributed by atoms with E-state index < -0.39 is 11.6 Å². The zero-order chi connectivity index (χ0) is 62.7. The van der Waals surface area contributed by atoms with Gasteiger partial charge in [-0.3, -0.25) is 0 Å². The minimum atomic E-state index is -0.965. The minimum absolute atomic E-state index is 0.0596. The van der Waals surface area contributed by atoms with Gasteiger partial charge in [0.25, 0.3) is 0 Å². The molecule has 17 rings (SSSR count). The Morgan fingerprint density at radius 1 is 0.376 bits per heavy atom. The molecule has 1 atom stereocenters. The van der Waals surface area contributed by atoms with Crippen molar-refractivity contribution in [3.05, 3.63) is 348 Å². The second-order valence-electron chi connectivity index (χ2n) is 27.3. The Bertz CT molecular complexity index is 5370. The van der Waals surface area contributed by atoms with E-state index in [2.05, 4.69) is 354 Å². The first-order valence-corrected chi connectivity index (χ1v) is 32.5. The van der Waals surface area contributed by atoms with Crippen LogP contribution in [0.5, 0.6) is 0 Å². The highest BCUT2D eigenvalue weighted by molar-refractivity contribution is 6.20. The summed E-state index contributed by atoms with van der Waals surface area (Å²) in [7, 11) is 0. The minimum Gasteiger partial charge on any atom is -0.456 e. The Kier molecular flexibility index (Phi) is 12.9. The van der Waals surface area contributed by atoms with Crippen LogP contribution < -0.4 is 15.1 Å². The number of hydrogen-bond acceptors (Lipinski definition) is 5. The van der Waals surface area contributed by atoms with E-state index in [1.807, 2.05) is 0 Å². The number of rotatable bonds is 10. The normalized spacial score (nSPS) is 14.4. The number of furan rings is 2. The van der Waals surface area contributed by atoms with Crippen molar-refractivity contribution in [2.24, 2.45) is 0 Å². The molecule has 2 aromatic heterocycles. The molecular weight excluding hydrogens is 1130 g/mol. The summed E-state index contributed by atoms with van der Waals surface area (Å²) in [5, 5.41) is 12.5. The van der Waals surface area contributed by atoms with Crippen LogP contribution in [0.15, 0.2) is 312 Å². The summed E-state index contributed by atoms with van der Waals surface area (Å²) in [5.74, 6) is 0.816. The molecule has 2 aliphatic rings. The van der Waals surface area contributed by atoms with Gasteiger partial charge in [-0.2, -0.15) is 0 Å². The van der Waals surface area contributed by atoms with Gasteiger partial charge in [-0.05, 0) is 161 Å². The van der Waals surface area contributed by atoms with Gasteiger partial charge >= 0.3 is 0 Å². The molecule has 5 nitrogen and oxygen atoms in total. The largest absolute Gasteiger partial charge is 0.456 e. The van der Waals surface area contributed by atoms with E-state index in [1.165, 1.54) is 43.8 Å². The van der Waals surface area contributed by atoms with Gasteiger partial charge in [0.15, 0.2) is 11.9 Å². The van der Waals surface area contributed by atoms with Crippen molar-refractivity contribution < 1.29 is 8.83 Å². The molecule has 0 radical (unpaired) electrons. The molecular formula is C88H69N3O2. The number of nitrogens with zero attached hydrogens (tertiary/aromatic N) is 2. The molecule has 448 valence electrons. The lowest BCUT2D eigenvalue weighted by molar-refractivity contribution is 0.437. The molecule has 1 aliphatic heterocycles. The van der Waals surface area contributed by atoms with E-state index in [0.717, 1.165) is 117 Å². The van der Waals surface area contributed by atoms with Gasteiger partial charge in [-0.25, -0.2) is 0 Å². The Labute approximate surface area is 543 Å². The topological polar surface area (TPSA) is 44.8 Å². The maximum atomic E-state index is 7.64. The quantitative estimate of drug-likeness (QED) is 0.148.